The van der Waals surface area contributed by atoms with Crippen molar-refractivity contribution in [2.24, 2.45) is 0 Å². The Kier molecular flexibility index (Phi) is 6.77. The monoisotopic (exact) mass is 492 g/mol. The molecule has 0 radical (unpaired) electrons. The van der Waals surface area contributed by atoms with Crippen LogP contribution in [-0.2, 0) is 4.79 Å². The molecule has 8 heteroatoms. The second-order valence-electron chi connectivity index (χ2n) is 9.41. The van der Waals surface area contributed by atoms with Crippen molar-refractivity contribution in [3.05, 3.63) is 64.8 Å². The van der Waals surface area contributed by atoms with Crippen molar-refractivity contribution in [3.63, 3.8) is 0 Å². The molecule has 35 heavy (non-hydrogen) atoms. The Labute approximate surface area is 209 Å². The number of halogens is 1. The SMILES string of the molecule is O=C(NC1CCCCC1NC(=O)c1cc2cc(Cl)ccc2[nH]1)c1ccc(N2CCCCC2=O)cc1. The number of amides is 3. The van der Waals surface area contributed by atoms with E-state index in [-0.39, 0.29) is 29.8 Å². The van der Waals surface area contributed by atoms with E-state index in [2.05, 4.69) is 15.6 Å². The van der Waals surface area contributed by atoms with Crippen LogP contribution in [0.15, 0.2) is 48.5 Å². The van der Waals surface area contributed by atoms with Gasteiger partial charge in [-0.2, -0.15) is 0 Å². The van der Waals surface area contributed by atoms with E-state index in [1.807, 2.05) is 24.3 Å². The average molecular weight is 493 g/mol. The Morgan fingerprint density at radius 3 is 2.31 bits per heavy atom. The third-order valence-corrected chi connectivity index (χ3v) is 7.23. The second kappa shape index (κ2) is 10.1. The maximum atomic E-state index is 13.0. The highest BCUT2D eigenvalue weighted by Gasteiger charge is 2.29. The lowest BCUT2D eigenvalue weighted by atomic mass is 9.90. The fourth-order valence-corrected chi connectivity index (χ4v) is 5.25. The Morgan fingerprint density at radius 2 is 1.60 bits per heavy atom. The summed E-state index contributed by atoms with van der Waals surface area (Å²) >= 11 is 6.06. The van der Waals surface area contributed by atoms with Gasteiger partial charge in [0.05, 0.1) is 0 Å². The molecule has 2 unspecified atom stereocenters. The van der Waals surface area contributed by atoms with E-state index < -0.39 is 0 Å². The van der Waals surface area contributed by atoms with Crippen LogP contribution in [0, 0.1) is 0 Å². The maximum Gasteiger partial charge on any atom is 0.268 e. The molecule has 0 spiro atoms. The van der Waals surface area contributed by atoms with Gasteiger partial charge < -0.3 is 20.5 Å². The zero-order valence-corrected chi connectivity index (χ0v) is 20.2. The molecular formula is C27H29ClN4O3. The van der Waals surface area contributed by atoms with Gasteiger partial charge in [0.2, 0.25) is 5.91 Å². The lowest BCUT2D eigenvalue weighted by Crippen LogP contribution is -2.53. The van der Waals surface area contributed by atoms with E-state index >= 15 is 0 Å². The highest BCUT2D eigenvalue weighted by atomic mass is 35.5. The number of aromatic amines is 1. The normalized spacial score (nSPS) is 20.6. The van der Waals surface area contributed by atoms with Gasteiger partial charge in [-0.05, 0) is 74.2 Å². The third kappa shape index (κ3) is 5.20. The number of benzene rings is 2. The van der Waals surface area contributed by atoms with Crippen molar-refractivity contribution >= 4 is 45.9 Å². The number of nitrogens with one attached hydrogen (secondary N) is 3. The summed E-state index contributed by atoms with van der Waals surface area (Å²) in [7, 11) is 0. The van der Waals surface area contributed by atoms with Gasteiger partial charge in [0.1, 0.15) is 5.69 Å². The van der Waals surface area contributed by atoms with Gasteiger partial charge in [0, 0.05) is 52.2 Å². The van der Waals surface area contributed by atoms with Gasteiger partial charge in [-0.1, -0.05) is 24.4 Å². The number of carbonyl (C=O) groups excluding carboxylic acids is 3. The molecule has 7 nitrogen and oxygen atoms in total. The number of H-pyrrole nitrogens is 1. The summed E-state index contributed by atoms with van der Waals surface area (Å²) in [4.78, 5) is 43.1. The van der Waals surface area contributed by atoms with Crippen LogP contribution >= 0.6 is 11.6 Å². The number of fused-ring (bicyclic) bond motifs is 1. The Hall–Kier alpha value is -3.32. The molecule has 0 bridgehead atoms. The van der Waals surface area contributed by atoms with Gasteiger partial charge in [0.15, 0.2) is 0 Å². The highest BCUT2D eigenvalue weighted by molar-refractivity contribution is 6.31. The average Bonchev–Trinajstić information content (AvgIpc) is 3.29. The van der Waals surface area contributed by atoms with Crippen LogP contribution in [0.2, 0.25) is 5.02 Å². The molecule has 182 valence electrons. The number of piperidine rings is 1. The summed E-state index contributed by atoms with van der Waals surface area (Å²) in [6.07, 6.45) is 6.11. The van der Waals surface area contributed by atoms with Crippen LogP contribution in [0.25, 0.3) is 10.9 Å². The summed E-state index contributed by atoms with van der Waals surface area (Å²) in [6.45, 7) is 0.719. The fourth-order valence-electron chi connectivity index (χ4n) is 5.07. The van der Waals surface area contributed by atoms with Crippen LogP contribution in [0.5, 0.6) is 0 Å². The molecule has 2 fully saturated rings. The maximum absolute atomic E-state index is 13.0. The van der Waals surface area contributed by atoms with Gasteiger partial charge in [-0.3, -0.25) is 14.4 Å². The van der Waals surface area contributed by atoms with Gasteiger partial charge in [-0.15, -0.1) is 0 Å². The largest absolute Gasteiger partial charge is 0.351 e. The number of rotatable bonds is 5. The molecular weight excluding hydrogens is 464 g/mol. The minimum absolute atomic E-state index is 0.132. The van der Waals surface area contributed by atoms with Crippen LogP contribution < -0.4 is 15.5 Å². The highest BCUT2D eigenvalue weighted by Crippen LogP contribution is 2.24. The van der Waals surface area contributed by atoms with E-state index in [0.717, 1.165) is 61.7 Å². The number of anilines is 1. The molecule has 3 aromatic rings. The van der Waals surface area contributed by atoms with Crippen molar-refractivity contribution < 1.29 is 14.4 Å². The van der Waals surface area contributed by atoms with Crippen molar-refractivity contribution in [2.45, 2.75) is 57.0 Å². The number of carbonyl (C=O) groups is 3. The van der Waals surface area contributed by atoms with Gasteiger partial charge in [0.25, 0.3) is 11.8 Å². The van der Waals surface area contributed by atoms with E-state index in [0.29, 0.717) is 22.7 Å². The van der Waals surface area contributed by atoms with Crippen LogP contribution in [0.4, 0.5) is 5.69 Å². The van der Waals surface area contributed by atoms with Crippen molar-refractivity contribution in [3.8, 4) is 0 Å². The molecule has 1 aromatic heterocycles. The molecule has 2 aliphatic rings. The van der Waals surface area contributed by atoms with Crippen LogP contribution in [0.3, 0.4) is 0 Å². The minimum Gasteiger partial charge on any atom is -0.351 e. The van der Waals surface area contributed by atoms with Crippen molar-refractivity contribution in [2.75, 3.05) is 11.4 Å². The Bertz CT molecular complexity index is 1250. The standard InChI is InChI=1S/C27H29ClN4O3/c28-19-10-13-21-18(15-19)16-24(29-21)27(35)31-23-6-2-1-5-22(23)30-26(34)17-8-11-20(12-9-17)32-14-4-3-7-25(32)33/h8-13,15-16,22-23,29H,1-7,14H2,(H,30,34)(H,31,35). The van der Waals surface area contributed by atoms with Gasteiger partial charge in [-0.25, -0.2) is 0 Å². The quantitative estimate of drug-likeness (QED) is 0.477. The lowest BCUT2D eigenvalue weighted by molar-refractivity contribution is -0.119. The first-order valence-corrected chi connectivity index (χ1v) is 12.7. The summed E-state index contributed by atoms with van der Waals surface area (Å²) < 4.78 is 0. The summed E-state index contributed by atoms with van der Waals surface area (Å²) in [6, 6.07) is 14.1. The Balaban J connectivity index is 1.24. The lowest BCUT2D eigenvalue weighted by Gasteiger charge is -2.32. The van der Waals surface area contributed by atoms with Crippen molar-refractivity contribution in [1.82, 2.24) is 15.6 Å². The molecule has 3 amide bonds. The first-order chi connectivity index (χ1) is 17.0. The summed E-state index contributed by atoms with van der Waals surface area (Å²) in [5.74, 6) is -0.237. The smallest absolute Gasteiger partial charge is 0.268 e. The fraction of sp³-hybridized carbons (Fsp3) is 0.370. The first kappa shape index (κ1) is 23.4. The predicted molar refractivity (Wildman–Crippen MR) is 137 cm³/mol. The molecule has 2 aromatic carbocycles. The molecule has 1 aliphatic heterocycles. The first-order valence-electron chi connectivity index (χ1n) is 12.3. The number of hydrogen-bond acceptors (Lipinski definition) is 3. The third-order valence-electron chi connectivity index (χ3n) is 6.99. The zero-order valence-electron chi connectivity index (χ0n) is 19.5. The topological polar surface area (TPSA) is 94.3 Å². The molecule has 3 N–H and O–H groups in total. The summed E-state index contributed by atoms with van der Waals surface area (Å²) in [5.41, 5.74) is 2.69. The van der Waals surface area contributed by atoms with Gasteiger partial charge >= 0.3 is 0 Å². The minimum atomic E-state index is -0.195. The van der Waals surface area contributed by atoms with Crippen LogP contribution in [0.1, 0.15) is 65.8 Å². The van der Waals surface area contributed by atoms with E-state index in [4.69, 9.17) is 11.6 Å². The summed E-state index contributed by atoms with van der Waals surface area (Å²) in [5, 5.41) is 7.73. The molecule has 1 saturated carbocycles. The molecule has 1 saturated heterocycles. The Morgan fingerprint density at radius 1 is 0.886 bits per heavy atom. The second-order valence-corrected chi connectivity index (χ2v) is 9.84. The van der Waals surface area contributed by atoms with Crippen molar-refractivity contribution in [1.29, 1.82) is 0 Å². The number of hydrogen-bond donors (Lipinski definition) is 3. The van der Waals surface area contributed by atoms with E-state index in [1.54, 1.807) is 29.2 Å². The van der Waals surface area contributed by atoms with E-state index in [1.165, 1.54) is 0 Å². The molecule has 5 rings (SSSR count). The molecule has 2 heterocycles. The predicted octanol–water partition coefficient (Wildman–Crippen LogP) is 4.81. The van der Waals surface area contributed by atoms with Crippen LogP contribution in [-0.4, -0.2) is 41.3 Å². The molecule has 1 aliphatic carbocycles. The zero-order chi connectivity index (χ0) is 24.4. The molecule has 2 atom stereocenters. The van der Waals surface area contributed by atoms with E-state index in [9.17, 15) is 14.4 Å². The number of nitrogens with zero attached hydrogens (tertiary/aromatic N) is 1. The number of aromatic nitrogens is 1.